The Labute approximate surface area is 86.0 Å². The van der Waals surface area contributed by atoms with E-state index in [0.717, 1.165) is 6.42 Å². The molecule has 1 aliphatic rings. The van der Waals surface area contributed by atoms with Crippen LogP contribution in [0.3, 0.4) is 0 Å². The molecular formula is C12H18N2. The molecule has 0 N–H and O–H groups in total. The average Bonchev–Trinajstić information content (AvgIpc) is 2.39. The number of anilines is 1. The summed E-state index contributed by atoms with van der Waals surface area (Å²) in [5.41, 5.74) is 6.56. The number of rotatable bonds is 0. The van der Waals surface area contributed by atoms with Crippen molar-refractivity contribution in [2.75, 3.05) is 11.9 Å². The summed E-state index contributed by atoms with van der Waals surface area (Å²) in [6, 6.07) is 0.595. The van der Waals surface area contributed by atoms with E-state index in [9.17, 15) is 0 Å². The van der Waals surface area contributed by atoms with Crippen molar-refractivity contribution in [3.8, 4) is 0 Å². The number of hydrogen-bond acceptors (Lipinski definition) is 2. The number of fused-ring (bicyclic) bond motifs is 1. The maximum Gasteiger partial charge on any atom is 0.0663 e. The molecule has 2 heterocycles. The molecule has 14 heavy (non-hydrogen) atoms. The van der Waals surface area contributed by atoms with E-state index >= 15 is 0 Å². The van der Waals surface area contributed by atoms with E-state index < -0.39 is 0 Å². The topological polar surface area (TPSA) is 16.1 Å². The molecular weight excluding hydrogens is 172 g/mol. The molecule has 1 aliphatic heterocycles. The van der Waals surface area contributed by atoms with Crippen LogP contribution in [0.15, 0.2) is 0 Å². The smallest absolute Gasteiger partial charge is 0.0663 e. The minimum Gasteiger partial charge on any atom is -0.370 e. The molecule has 0 saturated carbocycles. The lowest BCUT2D eigenvalue weighted by molar-refractivity contribution is 0.725. The highest BCUT2D eigenvalue weighted by atomic mass is 15.2. The van der Waals surface area contributed by atoms with Crippen LogP contribution in [-0.4, -0.2) is 18.1 Å². The predicted molar refractivity (Wildman–Crippen MR) is 60.0 cm³/mol. The van der Waals surface area contributed by atoms with Crippen molar-refractivity contribution in [3.05, 3.63) is 22.5 Å². The fraction of sp³-hybridized carbons (Fsp3) is 0.583. The van der Waals surface area contributed by atoms with Gasteiger partial charge >= 0.3 is 0 Å². The molecule has 0 amide bonds. The summed E-state index contributed by atoms with van der Waals surface area (Å²) >= 11 is 0. The maximum atomic E-state index is 4.67. The lowest BCUT2D eigenvalue weighted by Gasteiger charge is -2.21. The zero-order valence-electron chi connectivity index (χ0n) is 9.68. The van der Waals surface area contributed by atoms with Gasteiger partial charge in [-0.3, -0.25) is 4.98 Å². The van der Waals surface area contributed by atoms with E-state index in [1.54, 1.807) is 0 Å². The number of likely N-dealkylation sites (N-methyl/N-ethyl adjacent to an activating group) is 1. The first kappa shape index (κ1) is 9.50. The van der Waals surface area contributed by atoms with Gasteiger partial charge in [-0.2, -0.15) is 0 Å². The second-order valence-corrected chi connectivity index (χ2v) is 4.41. The van der Waals surface area contributed by atoms with Gasteiger partial charge in [-0.05, 0) is 38.8 Å². The fourth-order valence-corrected chi connectivity index (χ4v) is 2.25. The Kier molecular flexibility index (Phi) is 2.02. The van der Waals surface area contributed by atoms with Gasteiger partial charge in [0.15, 0.2) is 0 Å². The monoisotopic (exact) mass is 190 g/mol. The molecule has 1 unspecified atom stereocenters. The van der Waals surface area contributed by atoms with Crippen LogP contribution in [0.1, 0.15) is 29.4 Å². The molecule has 0 radical (unpaired) electrons. The van der Waals surface area contributed by atoms with Gasteiger partial charge in [0.05, 0.1) is 11.4 Å². The summed E-state index contributed by atoms with van der Waals surface area (Å²) in [7, 11) is 2.17. The lowest BCUT2D eigenvalue weighted by atomic mass is 10.1. The van der Waals surface area contributed by atoms with Crippen LogP contribution >= 0.6 is 0 Å². The highest BCUT2D eigenvalue weighted by Crippen LogP contribution is 2.34. The van der Waals surface area contributed by atoms with Gasteiger partial charge in [-0.25, -0.2) is 0 Å². The predicted octanol–water partition coefficient (Wildman–Crippen LogP) is 2.39. The second-order valence-electron chi connectivity index (χ2n) is 4.41. The Morgan fingerprint density at radius 1 is 1.21 bits per heavy atom. The summed E-state index contributed by atoms with van der Waals surface area (Å²) in [5, 5.41) is 0. The number of pyridine rings is 1. The Hall–Kier alpha value is -1.05. The molecule has 76 valence electrons. The Bertz CT molecular complexity index is 382. The van der Waals surface area contributed by atoms with Gasteiger partial charge in [-0.15, -0.1) is 0 Å². The summed E-state index contributed by atoms with van der Waals surface area (Å²) in [6.07, 6.45) is 1.09. The summed E-state index contributed by atoms with van der Waals surface area (Å²) in [4.78, 5) is 7.02. The minimum atomic E-state index is 0.595. The zero-order chi connectivity index (χ0) is 10.5. The van der Waals surface area contributed by atoms with Crippen LogP contribution in [0, 0.1) is 20.8 Å². The molecule has 0 aromatic carbocycles. The quantitative estimate of drug-likeness (QED) is 0.624. The Morgan fingerprint density at radius 3 is 2.50 bits per heavy atom. The van der Waals surface area contributed by atoms with E-state index in [-0.39, 0.29) is 0 Å². The fourth-order valence-electron chi connectivity index (χ4n) is 2.25. The minimum absolute atomic E-state index is 0.595. The van der Waals surface area contributed by atoms with Crippen molar-refractivity contribution < 1.29 is 0 Å². The first-order valence-corrected chi connectivity index (χ1v) is 5.22. The standard InChI is InChI=1S/C12H18N2/c1-7-6-11-12(14(7)5)9(3)8(2)10(4)13-11/h7H,6H2,1-5H3. The maximum absolute atomic E-state index is 4.67. The van der Waals surface area contributed by atoms with E-state index in [1.807, 2.05) is 0 Å². The third kappa shape index (κ3) is 1.13. The van der Waals surface area contributed by atoms with Crippen LogP contribution in [-0.2, 0) is 6.42 Å². The first-order valence-electron chi connectivity index (χ1n) is 5.22. The van der Waals surface area contributed by atoms with Gasteiger partial charge in [0.2, 0.25) is 0 Å². The molecule has 0 bridgehead atoms. The summed E-state index contributed by atoms with van der Waals surface area (Å²) in [6.45, 7) is 8.73. The van der Waals surface area contributed by atoms with E-state index in [2.05, 4.69) is 44.6 Å². The molecule has 1 aromatic heterocycles. The van der Waals surface area contributed by atoms with Crippen molar-refractivity contribution in [2.45, 2.75) is 40.2 Å². The van der Waals surface area contributed by atoms with Crippen molar-refractivity contribution in [2.24, 2.45) is 0 Å². The molecule has 0 saturated heterocycles. The van der Waals surface area contributed by atoms with Gasteiger partial charge in [0.1, 0.15) is 0 Å². The third-order valence-electron chi connectivity index (χ3n) is 3.54. The summed E-state index contributed by atoms with van der Waals surface area (Å²) in [5.74, 6) is 0. The second kappa shape index (κ2) is 2.97. The van der Waals surface area contributed by atoms with Crippen LogP contribution in [0.5, 0.6) is 0 Å². The molecule has 0 aliphatic carbocycles. The molecule has 2 rings (SSSR count). The molecule has 2 heteroatoms. The Morgan fingerprint density at radius 2 is 1.86 bits per heavy atom. The largest absolute Gasteiger partial charge is 0.370 e. The van der Waals surface area contributed by atoms with Gasteiger partial charge in [0, 0.05) is 25.2 Å². The average molecular weight is 190 g/mol. The van der Waals surface area contributed by atoms with Gasteiger partial charge in [-0.1, -0.05) is 0 Å². The van der Waals surface area contributed by atoms with Gasteiger partial charge < -0.3 is 4.90 Å². The van der Waals surface area contributed by atoms with Crippen LogP contribution < -0.4 is 4.90 Å². The molecule has 1 aromatic rings. The van der Waals surface area contributed by atoms with Crippen LogP contribution in [0.4, 0.5) is 5.69 Å². The van der Waals surface area contributed by atoms with Crippen LogP contribution in [0.2, 0.25) is 0 Å². The molecule has 1 atom stereocenters. The van der Waals surface area contributed by atoms with Gasteiger partial charge in [0.25, 0.3) is 0 Å². The van der Waals surface area contributed by atoms with Crippen molar-refractivity contribution >= 4 is 5.69 Å². The summed E-state index contributed by atoms with van der Waals surface area (Å²) < 4.78 is 0. The highest BCUT2D eigenvalue weighted by molar-refractivity contribution is 5.63. The molecule has 0 spiro atoms. The number of aromatic nitrogens is 1. The van der Waals surface area contributed by atoms with E-state index in [0.29, 0.717) is 6.04 Å². The molecule has 2 nitrogen and oxygen atoms in total. The highest BCUT2D eigenvalue weighted by Gasteiger charge is 2.26. The van der Waals surface area contributed by atoms with Crippen molar-refractivity contribution in [1.29, 1.82) is 0 Å². The number of nitrogens with zero attached hydrogens (tertiary/aromatic N) is 2. The Balaban J connectivity index is 2.65. The normalized spacial score (nSPS) is 20.1. The zero-order valence-corrected chi connectivity index (χ0v) is 9.68. The van der Waals surface area contributed by atoms with E-state index in [4.69, 9.17) is 0 Å². The number of aryl methyl sites for hydroxylation is 1. The van der Waals surface area contributed by atoms with Crippen LogP contribution in [0.25, 0.3) is 0 Å². The molecule has 0 fully saturated rings. The first-order chi connectivity index (χ1) is 6.52. The van der Waals surface area contributed by atoms with E-state index in [1.165, 1.54) is 28.2 Å². The number of hydrogen-bond donors (Lipinski definition) is 0. The SMILES string of the molecule is Cc1nc2c(c(C)c1C)N(C)C(C)C2. The third-order valence-corrected chi connectivity index (χ3v) is 3.54. The van der Waals surface area contributed by atoms with Crippen molar-refractivity contribution in [3.63, 3.8) is 0 Å². The lowest BCUT2D eigenvalue weighted by Crippen LogP contribution is -2.24. The van der Waals surface area contributed by atoms with Crippen molar-refractivity contribution in [1.82, 2.24) is 4.98 Å².